The van der Waals surface area contributed by atoms with Crippen LogP contribution in [0.15, 0.2) is 5.16 Å². The fraction of sp³-hybridized carbons (Fsp3) is 0.833. The number of oxime groups is 1. The summed E-state index contributed by atoms with van der Waals surface area (Å²) in [5.74, 6) is 0.187. The first-order valence-corrected chi connectivity index (χ1v) is 6.36. The molecule has 98 valence electrons. The van der Waals surface area contributed by atoms with Gasteiger partial charge < -0.3 is 15.8 Å². The number of likely N-dealkylation sites (tertiary alicyclic amines) is 1. The number of rotatable bonds is 4. The third kappa shape index (κ3) is 3.61. The van der Waals surface area contributed by atoms with Crippen LogP contribution in [-0.2, 0) is 4.79 Å². The molecular formula is C12H23N3O2. The Hall–Kier alpha value is -1.26. The topological polar surface area (TPSA) is 78.9 Å². The molecule has 0 spiro atoms. The second kappa shape index (κ2) is 6.47. The molecule has 0 aromatic rings. The van der Waals surface area contributed by atoms with Crippen molar-refractivity contribution in [1.82, 2.24) is 4.90 Å². The average molecular weight is 241 g/mol. The number of hydrogen-bond donors (Lipinski definition) is 2. The Balaban J connectivity index is 2.46. The van der Waals surface area contributed by atoms with Gasteiger partial charge in [0.05, 0.1) is 5.92 Å². The maximum Gasteiger partial charge on any atom is 0.233 e. The van der Waals surface area contributed by atoms with Crippen LogP contribution in [0.2, 0.25) is 0 Å². The van der Waals surface area contributed by atoms with Crippen molar-refractivity contribution in [2.75, 3.05) is 13.1 Å². The Morgan fingerprint density at radius 1 is 1.53 bits per heavy atom. The Morgan fingerprint density at radius 2 is 2.12 bits per heavy atom. The van der Waals surface area contributed by atoms with Crippen LogP contribution in [0.1, 0.15) is 39.5 Å². The zero-order valence-corrected chi connectivity index (χ0v) is 10.7. The van der Waals surface area contributed by atoms with Crippen LogP contribution in [-0.4, -0.2) is 34.9 Å². The molecule has 1 heterocycles. The number of carbonyl (C=O) groups excluding carboxylic acids is 1. The van der Waals surface area contributed by atoms with Gasteiger partial charge in [0.1, 0.15) is 0 Å². The quantitative estimate of drug-likeness (QED) is 0.338. The third-order valence-corrected chi connectivity index (χ3v) is 3.55. The van der Waals surface area contributed by atoms with Crippen LogP contribution in [0.5, 0.6) is 0 Å². The summed E-state index contributed by atoms with van der Waals surface area (Å²) in [5, 5.41) is 11.5. The van der Waals surface area contributed by atoms with E-state index in [1.165, 1.54) is 12.8 Å². The zero-order chi connectivity index (χ0) is 12.8. The molecule has 1 aliphatic rings. The normalized spacial score (nSPS) is 20.4. The van der Waals surface area contributed by atoms with E-state index in [2.05, 4.69) is 12.1 Å². The van der Waals surface area contributed by atoms with Gasteiger partial charge in [-0.2, -0.15) is 0 Å². The van der Waals surface area contributed by atoms with Gasteiger partial charge in [-0.15, -0.1) is 0 Å². The molecule has 5 nitrogen and oxygen atoms in total. The van der Waals surface area contributed by atoms with Crippen molar-refractivity contribution in [2.24, 2.45) is 22.7 Å². The fourth-order valence-corrected chi connectivity index (χ4v) is 2.34. The number of piperidine rings is 1. The van der Waals surface area contributed by atoms with Crippen LogP contribution < -0.4 is 5.73 Å². The van der Waals surface area contributed by atoms with E-state index in [1.54, 1.807) is 6.92 Å². The highest BCUT2D eigenvalue weighted by Crippen LogP contribution is 2.22. The highest BCUT2D eigenvalue weighted by atomic mass is 16.4. The molecule has 0 aromatic heterocycles. The van der Waals surface area contributed by atoms with E-state index < -0.39 is 5.92 Å². The number of amidine groups is 1. The number of hydrogen-bond acceptors (Lipinski definition) is 3. The highest BCUT2D eigenvalue weighted by Gasteiger charge is 2.27. The Morgan fingerprint density at radius 3 is 2.59 bits per heavy atom. The first kappa shape index (κ1) is 13.8. The van der Waals surface area contributed by atoms with Gasteiger partial charge in [0.2, 0.25) is 5.91 Å². The summed E-state index contributed by atoms with van der Waals surface area (Å²) in [4.78, 5) is 13.8. The fourth-order valence-electron chi connectivity index (χ4n) is 2.34. The second-order valence-corrected chi connectivity index (χ2v) is 4.80. The van der Waals surface area contributed by atoms with E-state index >= 15 is 0 Å². The van der Waals surface area contributed by atoms with E-state index in [9.17, 15) is 4.79 Å². The van der Waals surface area contributed by atoms with Gasteiger partial charge in [-0.25, -0.2) is 0 Å². The van der Waals surface area contributed by atoms with Crippen LogP contribution in [0.25, 0.3) is 0 Å². The number of amides is 1. The SMILES string of the molecule is CCCC1CCN(C(=O)C(C)C(N)=NO)CC1. The Labute approximate surface area is 103 Å². The maximum atomic E-state index is 12.0. The standard InChI is InChI=1S/C12H23N3O2/c1-3-4-10-5-7-15(8-6-10)12(16)9(2)11(13)14-17/h9-10,17H,3-8H2,1-2H3,(H2,13,14). The first-order chi connectivity index (χ1) is 8.10. The molecule has 1 saturated heterocycles. The van der Waals surface area contributed by atoms with Gasteiger partial charge in [0, 0.05) is 13.1 Å². The van der Waals surface area contributed by atoms with Gasteiger partial charge in [0.15, 0.2) is 5.84 Å². The molecule has 1 aliphatic heterocycles. The van der Waals surface area contributed by atoms with Crippen molar-refractivity contribution in [2.45, 2.75) is 39.5 Å². The molecule has 0 saturated carbocycles. The van der Waals surface area contributed by atoms with Crippen molar-refractivity contribution in [1.29, 1.82) is 0 Å². The summed E-state index contributed by atoms with van der Waals surface area (Å²) < 4.78 is 0. The summed E-state index contributed by atoms with van der Waals surface area (Å²) in [6, 6.07) is 0. The predicted octanol–water partition coefficient (Wildman–Crippen LogP) is 1.41. The van der Waals surface area contributed by atoms with Gasteiger partial charge in [-0.05, 0) is 25.7 Å². The van der Waals surface area contributed by atoms with Crippen molar-refractivity contribution >= 4 is 11.7 Å². The summed E-state index contributed by atoms with van der Waals surface area (Å²) >= 11 is 0. The van der Waals surface area contributed by atoms with Crippen molar-refractivity contribution in [3.05, 3.63) is 0 Å². The highest BCUT2D eigenvalue weighted by molar-refractivity contribution is 6.01. The molecule has 1 amide bonds. The lowest BCUT2D eigenvalue weighted by Crippen LogP contribution is -2.44. The molecule has 3 N–H and O–H groups in total. The summed E-state index contributed by atoms with van der Waals surface area (Å²) in [5.41, 5.74) is 5.45. The van der Waals surface area contributed by atoms with Crippen LogP contribution in [0.3, 0.4) is 0 Å². The largest absolute Gasteiger partial charge is 0.409 e. The molecule has 0 radical (unpaired) electrons. The minimum atomic E-state index is -0.525. The van der Waals surface area contributed by atoms with E-state index in [0.717, 1.165) is 31.8 Å². The minimum Gasteiger partial charge on any atom is -0.409 e. The van der Waals surface area contributed by atoms with Crippen LogP contribution in [0.4, 0.5) is 0 Å². The van der Waals surface area contributed by atoms with Crippen molar-refractivity contribution in [3.63, 3.8) is 0 Å². The third-order valence-electron chi connectivity index (χ3n) is 3.55. The van der Waals surface area contributed by atoms with Gasteiger partial charge in [0.25, 0.3) is 0 Å². The smallest absolute Gasteiger partial charge is 0.233 e. The lowest BCUT2D eigenvalue weighted by Gasteiger charge is -2.33. The summed E-state index contributed by atoms with van der Waals surface area (Å²) in [6.45, 7) is 5.46. The Kier molecular flexibility index (Phi) is 5.25. The molecule has 17 heavy (non-hydrogen) atoms. The molecule has 0 aliphatic carbocycles. The molecule has 1 unspecified atom stereocenters. The average Bonchev–Trinajstić information content (AvgIpc) is 2.37. The van der Waals surface area contributed by atoms with E-state index in [4.69, 9.17) is 10.9 Å². The van der Waals surface area contributed by atoms with Crippen molar-refractivity contribution in [3.8, 4) is 0 Å². The number of nitrogens with zero attached hydrogens (tertiary/aromatic N) is 2. The molecule has 0 bridgehead atoms. The van der Waals surface area contributed by atoms with E-state index in [1.807, 2.05) is 4.90 Å². The molecular weight excluding hydrogens is 218 g/mol. The van der Waals surface area contributed by atoms with Gasteiger partial charge in [-0.1, -0.05) is 24.9 Å². The first-order valence-electron chi connectivity index (χ1n) is 6.36. The van der Waals surface area contributed by atoms with Crippen LogP contribution >= 0.6 is 0 Å². The molecule has 5 heteroatoms. The maximum absolute atomic E-state index is 12.0. The van der Waals surface area contributed by atoms with Gasteiger partial charge in [-0.3, -0.25) is 4.79 Å². The predicted molar refractivity (Wildman–Crippen MR) is 66.8 cm³/mol. The van der Waals surface area contributed by atoms with E-state index in [-0.39, 0.29) is 11.7 Å². The van der Waals surface area contributed by atoms with E-state index in [0.29, 0.717) is 0 Å². The Bertz CT molecular complexity index is 283. The zero-order valence-electron chi connectivity index (χ0n) is 10.7. The lowest BCUT2D eigenvalue weighted by molar-refractivity contribution is -0.134. The lowest BCUT2D eigenvalue weighted by atomic mass is 9.92. The monoisotopic (exact) mass is 241 g/mol. The minimum absolute atomic E-state index is 0.00863. The van der Waals surface area contributed by atoms with Crippen LogP contribution in [0, 0.1) is 11.8 Å². The number of carbonyl (C=O) groups is 1. The summed E-state index contributed by atoms with van der Waals surface area (Å²) in [6.07, 6.45) is 4.60. The number of nitrogens with two attached hydrogens (primary N) is 1. The molecule has 1 fully saturated rings. The molecule has 1 atom stereocenters. The second-order valence-electron chi connectivity index (χ2n) is 4.80. The summed E-state index contributed by atoms with van der Waals surface area (Å²) in [7, 11) is 0. The van der Waals surface area contributed by atoms with Crippen molar-refractivity contribution < 1.29 is 10.0 Å². The molecule has 1 rings (SSSR count). The molecule has 0 aromatic carbocycles. The van der Waals surface area contributed by atoms with Gasteiger partial charge >= 0.3 is 0 Å².